The third kappa shape index (κ3) is 7.81. The van der Waals surface area contributed by atoms with E-state index in [1.165, 1.54) is 12.1 Å². The predicted octanol–water partition coefficient (Wildman–Crippen LogP) is 3.36. The molecule has 0 aliphatic heterocycles. The van der Waals surface area contributed by atoms with Gasteiger partial charge in [0.2, 0.25) is 0 Å². The van der Waals surface area contributed by atoms with Crippen LogP contribution in [0, 0.1) is 22.7 Å². The Bertz CT molecular complexity index is 424. The number of hydrogen-bond acceptors (Lipinski definition) is 7. The van der Waals surface area contributed by atoms with Gasteiger partial charge in [0.1, 0.15) is 12.1 Å². The maximum Gasteiger partial charge on any atom is 0.684 e. The zero-order valence-electron chi connectivity index (χ0n) is 12.0. The van der Waals surface area contributed by atoms with Gasteiger partial charge in [-0.05, 0) is 24.9 Å². The zero-order chi connectivity index (χ0) is 18.1. The number of nitriles is 2. The van der Waals surface area contributed by atoms with Crippen LogP contribution in [0.5, 0.6) is 0 Å². The molecule has 0 bridgehead atoms. The van der Waals surface area contributed by atoms with E-state index >= 15 is 0 Å². The van der Waals surface area contributed by atoms with Gasteiger partial charge in [-0.15, -0.1) is 0 Å². The molecule has 0 unspecified atom stereocenters. The van der Waals surface area contributed by atoms with Gasteiger partial charge in [-0.25, -0.2) is 9.69 Å². The molecule has 0 heterocycles. The van der Waals surface area contributed by atoms with Crippen LogP contribution in [0.3, 0.4) is 0 Å². The molecule has 0 radical (unpaired) electrons. The van der Waals surface area contributed by atoms with E-state index in [1.807, 2.05) is 0 Å². The summed E-state index contributed by atoms with van der Waals surface area (Å²) < 4.78 is 70.1. The molecule has 0 N–H and O–H groups in total. The average molecular weight is 362 g/mol. The molecule has 0 atom stereocenters. The Labute approximate surface area is 133 Å². The van der Waals surface area contributed by atoms with Crippen LogP contribution in [-0.4, -0.2) is 31.0 Å². The molecule has 0 aromatic rings. The second kappa shape index (κ2) is 9.90. The van der Waals surface area contributed by atoms with Crippen LogP contribution in [0.4, 0.5) is 22.0 Å². The fraction of sp³-hybridized carbons (Fsp3) is 0.800. The number of nitrogens with zero attached hydrogens (tertiary/aromatic N) is 2. The lowest BCUT2D eigenvalue weighted by molar-refractivity contribution is -0.377. The molecular formula is C10H12BF5N2O4S. The quantitative estimate of drug-likeness (QED) is 0.194. The summed E-state index contributed by atoms with van der Waals surface area (Å²) in [6.07, 6.45) is -12.4. The maximum atomic E-state index is 12.9. The normalized spacial score (nSPS) is 12.3. The van der Waals surface area contributed by atoms with Crippen LogP contribution in [0.15, 0.2) is 0 Å². The smallest absolute Gasteiger partial charge is 0.317 e. The van der Waals surface area contributed by atoms with Gasteiger partial charge in [-0.3, -0.25) is 0 Å². The molecular weight excluding hydrogens is 350 g/mol. The molecule has 6 nitrogen and oxygen atoms in total. The minimum Gasteiger partial charge on any atom is -0.317 e. The van der Waals surface area contributed by atoms with Crippen molar-refractivity contribution in [2.45, 2.75) is 50.3 Å². The van der Waals surface area contributed by atoms with Crippen molar-refractivity contribution >= 4 is 19.4 Å². The molecule has 0 amide bonds. The van der Waals surface area contributed by atoms with Gasteiger partial charge in [0.05, 0.1) is 0 Å². The topological polar surface area (TPSA) is 84.5 Å². The summed E-state index contributed by atoms with van der Waals surface area (Å²) in [5.74, 6) is 0. The van der Waals surface area contributed by atoms with E-state index in [-0.39, 0.29) is 5.25 Å². The third-order valence-corrected chi connectivity index (χ3v) is 3.43. The average Bonchev–Trinajstić information content (AvgIpc) is 2.47. The summed E-state index contributed by atoms with van der Waals surface area (Å²) in [7, 11) is -2.61. The molecule has 0 aromatic carbocycles. The van der Waals surface area contributed by atoms with Gasteiger partial charge in [0, 0.05) is 5.25 Å². The minimum absolute atomic E-state index is 0.230. The Morgan fingerprint density at radius 2 is 1.61 bits per heavy atom. The van der Waals surface area contributed by atoms with Gasteiger partial charge in [-0.2, -0.15) is 32.5 Å². The molecule has 0 fully saturated rings. The van der Waals surface area contributed by atoms with Crippen molar-refractivity contribution < 1.29 is 40.4 Å². The second-order valence-electron chi connectivity index (χ2n) is 3.88. The first-order chi connectivity index (χ1) is 10.6. The van der Waals surface area contributed by atoms with Crippen molar-refractivity contribution in [3.05, 3.63) is 0 Å². The van der Waals surface area contributed by atoms with E-state index in [2.05, 4.69) is 18.4 Å². The standard InChI is InChI=1S/C10H12BF5N2O4S/c1-3-8(4-2)23-22-11(21-19-7(5-17)6-18)20-10(15,16)9(12,13)14/h7-8H,3-4H2,1-2H3. The van der Waals surface area contributed by atoms with Crippen molar-refractivity contribution in [2.24, 2.45) is 0 Å². The first-order valence-corrected chi connectivity index (χ1v) is 6.97. The van der Waals surface area contributed by atoms with Crippen LogP contribution in [0.2, 0.25) is 0 Å². The minimum atomic E-state index is -6.01. The summed E-state index contributed by atoms with van der Waals surface area (Å²) >= 11 is 0.551. The Hall–Kier alpha value is -1.12. The highest BCUT2D eigenvalue weighted by Gasteiger charge is 2.62. The lowest BCUT2D eigenvalue weighted by Crippen LogP contribution is -2.45. The molecule has 0 aromatic heterocycles. The maximum absolute atomic E-state index is 12.9. The number of hydrogen-bond donors (Lipinski definition) is 0. The van der Waals surface area contributed by atoms with Crippen LogP contribution >= 0.6 is 12.0 Å². The summed E-state index contributed by atoms with van der Waals surface area (Å²) in [5.41, 5.74) is 0. The molecule has 0 saturated carbocycles. The first-order valence-electron chi connectivity index (χ1n) is 6.17. The molecule has 0 rings (SSSR count). The molecule has 130 valence electrons. The van der Waals surface area contributed by atoms with Crippen LogP contribution < -0.4 is 0 Å². The van der Waals surface area contributed by atoms with E-state index in [9.17, 15) is 22.0 Å². The molecule has 0 aliphatic carbocycles. The van der Waals surface area contributed by atoms with Crippen molar-refractivity contribution in [3.63, 3.8) is 0 Å². The summed E-state index contributed by atoms with van der Waals surface area (Å²) in [6.45, 7) is 3.48. The van der Waals surface area contributed by atoms with Gasteiger partial charge in [-0.1, -0.05) is 13.8 Å². The highest BCUT2D eigenvalue weighted by Crippen LogP contribution is 2.37. The van der Waals surface area contributed by atoms with Gasteiger partial charge in [0.15, 0.2) is 0 Å². The van der Waals surface area contributed by atoms with E-state index < -0.39 is 25.7 Å². The van der Waals surface area contributed by atoms with E-state index in [1.54, 1.807) is 13.8 Å². The van der Waals surface area contributed by atoms with Crippen molar-refractivity contribution in [1.29, 1.82) is 10.5 Å². The van der Waals surface area contributed by atoms with Gasteiger partial charge >= 0.3 is 19.6 Å². The molecule has 0 saturated heterocycles. The Morgan fingerprint density at radius 3 is 2.00 bits per heavy atom. The number of rotatable bonds is 10. The number of halogens is 5. The SMILES string of the molecule is CCC(CC)SOB(OOC(C#N)C#N)OC(F)(F)C(F)(F)F. The van der Waals surface area contributed by atoms with Crippen molar-refractivity contribution in [1.82, 2.24) is 0 Å². The first kappa shape index (κ1) is 21.9. The Kier molecular flexibility index (Phi) is 9.42. The summed E-state index contributed by atoms with van der Waals surface area (Å²) in [5, 5.41) is 16.6. The highest BCUT2D eigenvalue weighted by molar-refractivity contribution is 7.96. The second-order valence-corrected chi connectivity index (χ2v) is 4.93. The monoisotopic (exact) mass is 362 g/mol. The van der Waals surface area contributed by atoms with Crippen LogP contribution in [-0.2, 0) is 18.4 Å². The van der Waals surface area contributed by atoms with E-state index in [4.69, 9.17) is 10.5 Å². The lowest BCUT2D eigenvalue weighted by atomic mass is 10.2. The molecule has 13 heteroatoms. The van der Waals surface area contributed by atoms with E-state index in [0.717, 1.165) is 0 Å². The van der Waals surface area contributed by atoms with Gasteiger partial charge in [0.25, 0.3) is 6.10 Å². The lowest BCUT2D eigenvalue weighted by Gasteiger charge is -2.23. The van der Waals surface area contributed by atoms with Crippen LogP contribution in [0.1, 0.15) is 26.7 Å². The van der Waals surface area contributed by atoms with Crippen molar-refractivity contribution in [3.8, 4) is 12.1 Å². The largest absolute Gasteiger partial charge is 0.684 e. The van der Waals surface area contributed by atoms with Crippen molar-refractivity contribution in [2.75, 3.05) is 0 Å². The fourth-order valence-electron chi connectivity index (χ4n) is 0.964. The summed E-state index contributed by atoms with van der Waals surface area (Å²) in [6, 6.07) is 2.50. The Morgan fingerprint density at radius 1 is 1.09 bits per heavy atom. The predicted molar refractivity (Wildman–Crippen MR) is 68.1 cm³/mol. The number of alkyl halides is 5. The van der Waals surface area contributed by atoms with Gasteiger partial charge < -0.3 is 8.75 Å². The molecule has 0 aliphatic rings. The highest BCUT2D eigenvalue weighted by atomic mass is 32.2. The third-order valence-electron chi connectivity index (χ3n) is 2.22. The van der Waals surface area contributed by atoms with E-state index in [0.29, 0.717) is 24.9 Å². The fourth-order valence-corrected chi connectivity index (χ4v) is 1.56. The summed E-state index contributed by atoms with van der Waals surface area (Å²) in [4.78, 5) is 8.14. The molecule has 23 heavy (non-hydrogen) atoms. The molecule has 0 spiro atoms. The zero-order valence-corrected chi connectivity index (χ0v) is 12.8. The Balaban J connectivity index is 4.86. The van der Waals surface area contributed by atoms with Crippen LogP contribution in [0.25, 0.3) is 0 Å².